The fourth-order valence-corrected chi connectivity index (χ4v) is 4.84. The normalized spacial score (nSPS) is 19.4. The Bertz CT molecular complexity index is 1040. The topological polar surface area (TPSA) is 59.5 Å². The van der Waals surface area contributed by atoms with Gasteiger partial charge in [0.05, 0.1) is 24.6 Å². The lowest BCUT2D eigenvalue weighted by Gasteiger charge is -2.25. The SMILES string of the molecule is CC1=C(C)N(c2ccc(Nc3nc4c(c(CC5CCOCC5)n3)COCC4)cc2)C=CCC1. The maximum absolute atomic E-state index is 5.74. The summed E-state index contributed by atoms with van der Waals surface area (Å²) in [6.07, 6.45) is 10.7. The number of rotatable bonds is 5. The Morgan fingerprint density at radius 1 is 1.00 bits per heavy atom. The van der Waals surface area contributed by atoms with Crippen LogP contribution in [0.4, 0.5) is 17.3 Å². The van der Waals surface area contributed by atoms with E-state index in [0.717, 1.165) is 75.4 Å². The molecule has 0 spiro atoms. The van der Waals surface area contributed by atoms with E-state index in [1.54, 1.807) is 0 Å². The second-order valence-electron chi connectivity index (χ2n) is 9.31. The summed E-state index contributed by atoms with van der Waals surface area (Å²) >= 11 is 0. The smallest absolute Gasteiger partial charge is 0.227 e. The van der Waals surface area contributed by atoms with E-state index in [1.165, 1.54) is 22.5 Å². The first-order chi connectivity index (χ1) is 16.2. The van der Waals surface area contributed by atoms with Crippen molar-refractivity contribution in [3.05, 3.63) is 64.8 Å². The van der Waals surface area contributed by atoms with E-state index in [4.69, 9.17) is 19.4 Å². The Labute approximate surface area is 196 Å². The van der Waals surface area contributed by atoms with E-state index >= 15 is 0 Å². The summed E-state index contributed by atoms with van der Waals surface area (Å²) in [5.41, 5.74) is 8.37. The molecule has 0 atom stereocenters. The van der Waals surface area contributed by atoms with Gasteiger partial charge in [-0.3, -0.25) is 0 Å². The van der Waals surface area contributed by atoms with Crippen LogP contribution in [-0.2, 0) is 28.9 Å². The Balaban J connectivity index is 1.36. The van der Waals surface area contributed by atoms with Gasteiger partial charge in [-0.2, -0.15) is 0 Å². The molecule has 1 N–H and O–H groups in total. The third kappa shape index (κ3) is 5.12. The van der Waals surface area contributed by atoms with Gasteiger partial charge in [0.2, 0.25) is 5.95 Å². The average molecular weight is 447 g/mol. The van der Waals surface area contributed by atoms with E-state index in [9.17, 15) is 0 Å². The predicted molar refractivity (Wildman–Crippen MR) is 132 cm³/mol. The van der Waals surface area contributed by atoms with Crippen LogP contribution in [0.15, 0.2) is 47.8 Å². The van der Waals surface area contributed by atoms with Crippen molar-refractivity contribution in [1.29, 1.82) is 0 Å². The van der Waals surface area contributed by atoms with Gasteiger partial charge in [-0.15, -0.1) is 0 Å². The fourth-order valence-electron chi connectivity index (χ4n) is 4.84. The van der Waals surface area contributed by atoms with E-state index < -0.39 is 0 Å². The zero-order valence-electron chi connectivity index (χ0n) is 19.8. The van der Waals surface area contributed by atoms with Crippen molar-refractivity contribution in [1.82, 2.24) is 9.97 Å². The fraction of sp³-hybridized carbons (Fsp3) is 0.481. The van der Waals surface area contributed by atoms with Crippen LogP contribution < -0.4 is 10.2 Å². The number of hydrogen-bond donors (Lipinski definition) is 1. The lowest BCUT2D eigenvalue weighted by atomic mass is 9.92. The zero-order chi connectivity index (χ0) is 22.6. The molecule has 1 aromatic carbocycles. The minimum Gasteiger partial charge on any atom is -0.381 e. The molecule has 3 aliphatic heterocycles. The van der Waals surface area contributed by atoms with Gasteiger partial charge in [0, 0.05) is 48.5 Å². The number of allylic oxidation sites excluding steroid dienone is 3. The van der Waals surface area contributed by atoms with Crippen LogP contribution in [0.3, 0.4) is 0 Å². The van der Waals surface area contributed by atoms with Gasteiger partial charge in [-0.25, -0.2) is 9.97 Å². The van der Waals surface area contributed by atoms with Crippen molar-refractivity contribution in [3.8, 4) is 0 Å². The first-order valence-electron chi connectivity index (χ1n) is 12.2. The number of nitrogens with one attached hydrogen (secondary N) is 1. The van der Waals surface area contributed by atoms with Crippen LogP contribution in [0.5, 0.6) is 0 Å². The molecule has 1 aromatic heterocycles. The number of ether oxygens (including phenoxy) is 2. The minimum atomic E-state index is 0.619. The summed E-state index contributed by atoms with van der Waals surface area (Å²) in [6, 6.07) is 8.54. The predicted octanol–water partition coefficient (Wildman–Crippen LogP) is 5.67. The van der Waals surface area contributed by atoms with Gasteiger partial charge in [0.15, 0.2) is 0 Å². The summed E-state index contributed by atoms with van der Waals surface area (Å²) in [4.78, 5) is 12.1. The molecule has 0 amide bonds. The van der Waals surface area contributed by atoms with E-state index in [2.05, 4.69) is 60.6 Å². The third-order valence-corrected chi connectivity index (χ3v) is 7.05. The van der Waals surface area contributed by atoms with E-state index in [1.807, 2.05) is 0 Å². The molecule has 6 nitrogen and oxygen atoms in total. The Morgan fingerprint density at radius 2 is 1.82 bits per heavy atom. The zero-order valence-corrected chi connectivity index (χ0v) is 19.8. The highest BCUT2D eigenvalue weighted by Gasteiger charge is 2.22. The maximum Gasteiger partial charge on any atom is 0.227 e. The second-order valence-corrected chi connectivity index (χ2v) is 9.31. The first kappa shape index (κ1) is 22.1. The largest absolute Gasteiger partial charge is 0.381 e. The van der Waals surface area contributed by atoms with Crippen molar-refractivity contribution < 1.29 is 9.47 Å². The molecule has 5 rings (SSSR count). The van der Waals surface area contributed by atoms with Crippen LogP contribution in [0.2, 0.25) is 0 Å². The molecule has 174 valence electrons. The molecule has 0 radical (unpaired) electrons. The van der Waals surface area contributed by atoms with Gasteiger partial charge in [0.1, 0.15) is 0 Å². The summed E-state index contributed by atoms with van der Waals surface area (Å²) in [5.74, 6) is 1.31. The van der Waals surface area contributed by atoms with Crippen molar-refractivity contribution in [3.63, 3.8) is 0 Å². The van der Waals surface area contributed by atoms with Gasteiger partial charge >= 0.3 is 0 Å². The van der Waals surface area contributed by atoms with Crippen LogP contribution in [-0.4, -0.2) is 29.8 Å². The van der Waals surface area contributed by atoms with Crippen LogP contribution in [0.25, 0.3) is 0 Å². The highest BCUT2D eigenvalue weighted by molar-refractivity contribution is 5.63. The average Bonchev–Trinajstić information content (AvgIpc) is 3.01. The molecule has 0 bridgehead atoms. The summed E-state index contributed by atoms with van der Waals surface area (Å²) in [7, 11) is 0. The highest BCUT2D eigenvalue weighted by Crippen LogP contribution is 2.29. The maximum atomic E-state index is 5.74. The van der Waals surface area contributed by atoms with Gasteiger partial charge in [0.25, 0.3) is 0 Å². The second kappa shape index (κ2) is 10.1. The van der Waals surface area contributed by atoms with E-state index in [0.29, 0.717) is 18.5 Å². The number of anilines is 3. The molecule has 33 heavy (non-hydrogen) atoms. The molecule has 6 heteroatoms. The molecule has 0 saturated carbocycles. The summed E-state index contributed by atoms with van der Waals surface area (Å²) in [5, 5.41) is 3.46. The monoisotopic (exact) mass is 446 g/mol. The van der Waals surface area contributed by atoms with E-state index in [-0.39, 0.29) is 0 Å². The molecule has 0 aliphatic carbocycles. The van der Waals surface area contributed by atoms with Crippen LogP contribution >= 0.6 is 0 Å². The number of benzene rings is 1. The molecule has 1 saturated heterocycles. The Hall–Kier alpha value is -2.70. The van der Waals surface area contributed by atoms with Crippen LogP contribution in [0.1, 0.15) is 56.5 Å². The molecule has 4 heterocycles. The van der Waals surface area contributed by atoms with Crippen molar-refractivity contribution in [2.45, 2.75) is 59.0 Å². The molecular weight excluding hydrogens is 412 g/mol. The summed E-state index contributed by atoms with van der Waals surface area (Å²) < 4.78 is 11.3. The molecule has 0 unspecified atom stereocenters. The lowest BCUT2D eigenvalue weighted by Crippen LogP contribution is -2.22. The lowest BCUT2D eigenvalue weighted by molar-refractivity contribution is 0.0656. The number of aromatic nitrogens is 2. The minimum absolute atomic E-state index is 0.619. The van der Waals surface area contributed by atoms with Crippen molar-refractivity contribution in [2.75, 3.05) is 30.0 Å². The van der Waals surface area contributed by atoms with Gasteiger partial charge < -0.3 is 19.7 Å². The summed E-state index contributed by atoms with van der Waals surface area (Å²) in [6.45, 7) is 7.48. The first-order valence-corrected chi connectivity index (χ1v) is 12.2. The van der Waals surface area contributed by atoms with Gasteiger partial charge in [-0.05, 0) is 76.1 Å². The van der Waals surface area contributed by atoms with Crippen molar-refractivity contribution >= 4 is 17.3 Å². The molecule has 3 aliphatic rings. The van der Waals surface area contributed by atoms with Crippen LogP contribution in [0, 0.1) is 5.92 Å². The Morgan fingerprint density at radius 3 is 2.64 bits per heavy atom. The van der Waals surface area contributed by atoms with Gasteiger partial charge in [-0.1, -0.05) is 11.6 Å². The number of fused-ring (bicyclic) bond motifs is 1. The molecular formula is C27H34N4O2. The molecule has 2 aromatic rings. The molecule has 1 fully saturated rings. The quantitative estimate of drug-likeness (QED) is 0.639. The van der Waals surface area contributed by atoms with Crippen molar-refractivity contribution in [2.24, 2.45) is 5.92 Å². The standard InChI is InChI=1S/C27H34N4O2/c1-19-5-3-4-13-31(20(19)2)23-8-6-22(7-9-23)28-27-29-25-12-16-33-18-24(25)26(30-27)17-21-10-14-32-15-11-21/h4,6-9,13,21H,3,5,10-12,14-18H2,1-2H3,(H,28,29,30). The number of hydrogen-bond acceptors (Lipinski definition) is 6. The number of nitrogens with zero attached hydrogens (tertiary/aromatic N) is 3. The third-order valence-electron chi connectivity index (χ3n) is 7.05. The Kier molecular flexibility index (Phi) is 6.74. The highest BCUT2D eigenvalue weighted by atomic mass is 16.5.